The molecule has 1 aliphatic rings. The predicted octanol–water partition coefficient (Wildman–Crippen LogP) is -0.111. The van der Waals surface area contributed by atoms with Gasteiger partial charge in [-0.15, -0.1) is 0 Å². The minimum absolute atomic E-state index is 0. The summed E-state index contributed by atoms with van der Waals surface area (Å²) in [5.41, 5.74) is 0. The van der Waals surface area contributed by atoms with Crippen molar-refractivity contribution >= 4 is 11.6 Å². The molecule has 1 aliphatic carbocycles. The van der Waals surface area contributed by atoms with Crippen LogP contribution in [0.25, 0.3) is 0 Å². The van der Waals surface area contributed by atoms with E-state index >= 15 is 0 Å². The SMILES string of the molecule is CCOC1CCC(=O)C(=O)C1.O. The quantitative estimate of drug-likeness (QED) is 0.548. The third-order valence-corrected chi connectivity index (χ3v) is 1.82. The van der Waals surface area contributed by atoms with Crippen LogP contribution in [-0.2, 0) is 14.3 Å². The number of ketones is 2. The summed E-state index contributed by atoms with van der Waals surface area (Å²) in [6.07, 6.45) is 1.35. The molecule has 1 atom stereocenters. The lowest BCUT2D eigenvalue weighted by Gasteiger charge is -2.19. The summed E-state index contributed by atoms with van der Waals surface area (Å²) in [5, 5.41) is 0. The fourth-order valence-corrected chi connectivity index (χ4v) is 1.23. The highest BCUT2D eigenvalue weighted by Gasteiger charge is 2.26. The van der Waals surface area contributed by atoms with Gasteiger partial charge in [0.25, 0.3) is 0 Å². The van der Waals surface area contributed by atoms with E-state index in [1.807, 2.05) is 6.92 Å². The normalized spacial score (nSPS) is 23.6. The molecule has 0 heterocycles. The summed E-state index contributed by atoms with van der Waals surface area (Å²) >= 11 is 0. The second-order valence-corrected chi connectivity index (χ2v) is 2.67. The van der Waals surface area contributed by atoms with Gasteiger partial charge in [-0.05, 0) is 13.3 Å². The summed E-state index contributed by atoms with van der Waals surface area (Å²) in [6, 6.07) is 0. The Labute approximate surface area is 71.2 Å². The van der Waals surface area contributed by atoms with E-state index in [9.17, 15) is 9.59 Å². The van der Waals surface area contributed by atoms with Crippen LogP contribution in [0.3, 0.4) is 0 Å². The molecule has 0 bridgehead atoms. The number of rotatable bonds is 2. The monoisotopic (exact) mass is 174 g/mol. The minimum atomic E-state index is -0.269. The molecular weight excluding hydrogens is 160 g/mol. The first-order valence-corrected chi connectivity index (χ1v) is 3.91. The van der Waals surface area contributed by atoms with Crippen molar-refractivity contribution in [1.82, 2.24) is 0 Å². The van der Waals surface area contributed by atoms with Crippen LogP contribution in [0.15, 0.2) is 0 Å². The van der Waals surface area contributed by atoms with Gasteiger partial charge in [-0.25, -0.2) is 0 Å². The Morgan fingerprint density at radius 2 is 2.08 bits per heavy atom. The van der Waals surface area contributed by atoms with Crippen molar-refractivity contribution in [3.8, 4) is 0 Å². The van der Waals surface area contributed by atoms with E-state index in [2.05, 4.69) is 0 Å². The van der Waals surface area contributed by atoms with Crippen molar-refractivity contribution in [1.29, 1.82) is 0 Å². The van der Waals surface area contributed by atoms with Crippen LogP contribution in [-0.4, -0.2) is 29.8 Å². The largest absolute Gasteiger partial charge is 0.412 e. The Balaban J connectivity index is 0.00000121. The van der Waals surface area contributed by atoms with Crippen LogP contribution < -0.4 is 0 Å². The lowest BCUT2D eigenvalue weighted by atomic mass is 9.95. The van der Waals surface area contributed by atoms with Gasteiger partial charge in [0, 0.05) is 19.4 Å². The zero-order chi connectivity index (χ0) is 8.27. The maximum absolute atomic E-state index is 10.8. The Hall–Kier alpha value is -0.740. The zero-order valence-electron chi connectivity index (χ0n) is 7.13. The first kappa shape index (κ1) is 11.3. The first-order chi connectivity index (χ1) is 5.24. The molecule has 1 saturated carbocycles. The molecule has 12 heavy (non-hydrogen) atoms. The van der Waals surface area contributed by atoms with Gasteiger partial charge in [0.2, 0.25) is 5.78 Å². The second kappa shape index (κ2) is 5.00. The van der Waals surface area contributed by atoms with E-state index in [-0.39, 0.29) is 29.6 Å². The van der Waals surface area contributed by atoms with Gasteiger partial charge in [0.15, 0.2) is 5.78 Å². The summed E-state index contributed by atoms with van der Waals surface area (Å²) in [6.45, 7) is 2.51. The Morgan fingerprint density at radius 3 is 2.58 bits per heavy atom. The maximum atomic E-state index is 10.8. The number of carbonyl (C=O) groups is 2. The molecule has 70 valence electrons. The molecule has 0 amide bonds. The molecule has 0 aromatic heterocycles. The molecule has 0 aliphatic heterocycles. The van der Waals surface area contributed by atoms with Gasteiger partial charge in [-0.2, -0.15) is 0 Å². The highest BCUT2D eigenvalue weighted by molar-refractivity contribution is 6.37. The van der Waals surface area contributed by atoms with Gasteiger partial charge >= 0.3 is 0 Å². The zero-order valence-corrected chi connectivity index (χ0v) is 7.13. The van der Waals surface area contributed by atoms with Crippen molar-refractivity contribution < 1.29 is 19.8 Å². The molecule has 1 rings (SSSR count). The number of Topliss-reactive ketones (excluding diaryl/α,β-unsaturated/α-hetero) is 2. The Morgan fingerprint density at radius 1 is 1.42 bits per heavy atom. The van der Waals surface area contributed by atoms with Crippen LogP contribution >= 0.6 is 0 Å². The lowest BCUT2D eigenvalue weighted by Crippen LogP contribution is -2.29. The van der Waals surface area contributed by atoms with E-state index in [0.717, 1.165) is 0 Å². The third-order valence-electron chi connectivity index (χ3n) is 1.82. The number of hydrogen-bond acceptors (Lipinski definition) is 3. The lowest BCUT2D eigenvalue weighted by molar-refractivity contribution is -0.141. The third kappa shape index (κ3) is 2.71. The van der Waals surface area contributed by atoms with Crippen LogP contribution in [0.5, 0.6) is 0 Å². The fourth-order valence-electron chi connectivity index (χ4n) is 1.23. The van der Waals surface area contributed by atoms with Crippen molar-refractivity contribution in [2.24, 2.45) is 0 Å². The number of carbonyl (C=O) groups excluding carboxylic acids is 2. The van der Waals surface area contributed by atoms with Crippen LogP contribution in [0.1, 0.15) is 26.2 Å². The van der Waals surface area contributed by atoms with Crippen molar-refractivity contribution in [3.05, 3.63) is 0 Å². The van der Waals surface area contributed by atoms with E-state index < -0.39 is 0 Å². The van der Waals surface area contributed by atoms with Crippen LogP contribution in [0.4, 0.5) is 0 Å². The molecular formula is C8H14O4. The van der Waals surface area contributed by atoms with Crippen molar-refractivity contribution in [3.63, 3.8) is 0 Å². The van der Waals surface area contributed by atoms with E-state index in [4.69, 9.17) is 4.74 Å². The molecule has 0 saturated heterocycles. The molecule has 1 unspecified atom stereocenters. The highest BCUT2D eigenvalue weighted by atomic mass is 16.5. The van der Waals surface area contributed by atoms with Gasteiger partial charge in [0.05, 0.1) is 6.10 Å². The van der Waals surface area contributed by atoms with Crippen molar-refractivity contribution in [2.75, 3.05) is 6.61 Å². The van der Waals surface area contributed by atoms with E-state index in [1.165, 1.54) is 0 Å². The topological polar surface area (TPSA) is 74.9 Å². The molecule has 0 radical (unpaired) electrons. The summed E-state index contributed by atoms with van der Waals surface area (Å²) in [7, 11) is 0. The van der Waals surface area contributed by atoms with Crippen molar-refractivity contribution in [2.45, 2.75) is 32.3 Å². The van der Waals surface area contributed by atoms with E-state index in [0.29, 0.717) is 19.4 Å². The maximum Gasteiger partial charge on any atom is 0.200 e. The molecule has 0 aromatic carbocycles. The second-order valence-electron chi connectivity index (χ2n) is 2.67. The standard InChI is InChI=1S/C8H12O3.H2O/c1-2-11-6-3-4-7(9)8(10)5-6;/h6H,2-5H2,1H3;1H2. The van der Waals surface area contributed by atoms with Gasteiger partial charge in [0.1, 0.15) is 0 Å². The molecule has 4 heteroatoms. The molecule has 0 spiro atoms. The summed E-state index contributed by atoms with van der Waals surface area (Å²) in [5.74, 6) is -0.504. The molecule has 4 nitrogen and oxygen atoms in total. The Bertz CT molecular complexity index is 176. The van der Waals surface area contributed by atoms with Gasteiger partial charge in [-0.3, -0.25) is 9.59 Å². The van der Waals surface area contributed by atoms with E-state index in [1.54, 1.807) is 0 Å². The minimum Gasteiger partial charge on any atom is -0.412 e. The summed E-state index contributed by atoms with van der Waals surface area (Å²) < 4.78 is 5.23. The predicted molar refractivity (Wildman–Crippen MR) is 42.9 cm³/mol. The fraction of sp³-hybridized carbons (Fsp3) is 0.750. The molecule has 0 aromatic rings. The summed E-state index contributed by atoms with van der Waals surface area (Å²) in [4.78, 5) is 21.6. The Kier molecular flexibility index (Phi) is 4.70. The average Bonchev–Trinajstić information content (AvgIpc) is 1.98. The highest BCUT2D eigenvalue weighted by Crippen LogP contribution is 2.14. The average molecular weight is 174 g/mol. The van der Waals surface area contributed by atoms with Gasteiger partial charge < -0.3 is 10.2 Å². The van der Waals surface area contributed by atoms with Gasteiger partial charge in [-0.1, -0.05) is 0 Å². The number of ether oxygens (including phenoxy) is 1. The number of hydrogen-bond donors (Lipinski definition) is 0. The molecule has 1 fully saturated rings. The van der Waals surface area contributed by atoms with Crippen LogP contribution in [0.2, 0.25) is 0 Å². The smallest absolute Gasteiger partial charge is 0.200 e. The first-order valence-electron chi connectivity index (χ1n) is 3.91. The van der Waals surface area contributed by atoms with Crippen LogP contribution in [0, 0.1) is 0 Å². The molecule has 2 N–H and O–H groups in total.